The molecular weight excluding hydrogens is 431 g/mol. The van der Waals surface area contributed by atoms with Gasteiger partial charge in [0.05, 0.1) is 5.02 Å². The summed E-state index contributed by atoms with van der Waals surface area (Å²) in [4.78, 5) is 10.8. The second kappa shape index (κ2) is 9.87. The third-order valence-electron chi connectivity index (χ3n) is 4.60. The summed E-state index contributed by atoms with van der Waals surface area (Å²) < 4.78 is 41.1. The lowest BCUT2D eigenvalue weighted by atomic mass is 10.1. The first kappa shape index (κ1) is 22.7. The maximum Gasteiger partial charge on any atom is 0.573 e. The van der Waals surface area contributed by atoms with E-state index in [1.165, 1.54) is 18.2 Å². The maximum absolute atomic E-state index is 12.4. The Bertz CT molecular complexity index is 996. The number of aryl methyl sites for hydroxylation is 1. The van der Waals surface area contributed by atoms with E-state index in [2.05, 4.69) is 14.7 Å². The maximum atomic E-state index is 12.4. The van der Waals surface area contributed by atoms with E-state index < -0.39 is 6.36 Å². The zero-order chi connectivity index (χ0) is 22.4. The molecule has 1 aromatic heterocycles. The van der Waals surface area contributed by atoms with Crippen molar-refractivity contribution in [1.82, 2.24) is 9.97 Å². The van der Waals surface area contributed by atoms with E-state index in [9.17, 15) is 18.3 Å². The fourth-order valence-electron chi connectivity index (χ4n) is 2.93. The highest BCUT2D eigenvalue weighted by molar-refractivity contribution is 6.32. The van der Waals surface area contributed by atoms with Crippen LogP contribution in [0.15, 0.2) is 54.9 Å². The van der Waals surface area contributed by atoms with Crippen LogP contribution in [0.4, 0.5) is 19.1 Å². The standard InChI is InChI=1S/C22H21ClF3N3O2/c1-2-15-12-27-21(28-13-15)29(10-9-16-5-8-20(30)19(23)11-16)14-17-3-6-18(7-4-17)31-22(24,25)26/h3-8,11-13,30H,2,9-10,14H2,1H3. The largest absolute Gasteiger partial charge is 0.573 e. The Labute approximate surface area is 183 Å². The third-order valence-corrected chi connectivity index (χ3v) is 4.90. The molecular formula is C22H21ClF3N3O2. The Morgan fingerprint density at radius 1 is 1.00 bits per heavy atom. The van der Waals surface area contributed by atoms with E-state index in [0.717, 1.165) is 23.1 Å². The zero-order valence-corrected chi connectivity index (χ0v) is 17.5. The highest BCUT2D eigenvalue weighted by Crippen LogP contribution is 2.25. The molecule has 0 spiro atoms. The average Bonchev–Trinajstić information content (AvgIpc) is 2.74. The number of benzene rings is 2. The number of nitrogens with zero attached hydrogens (tertiary/aromatic N) is 3. The highest BCUT2D eigenvalue weighted by Gasteiger charge is 2.31. The molecule has 3 rings (SSSR count). The molecule has 1 N–H and O–H groups in total. The van der Waals surface area contributed by atoms with Crippen LogP contribution in [0.3, 0.4) is 0 Å². The number of anilines is 1. The molecule has 0 amide bonds. The molecule has 0 aliphatic rings. The third kappa shape index (κ3) is 6.75. The van der Waals surface area contributed by atoms with Gasteiger partial charge < -0.3 is 14.7 Å². The SMILES string of the molecule is CCc1cnc(N(CCc2ccc(O)c(Cl)c2)Cc2ccc(OC(F)(F)F)cc2)nc1. The first-order chi connectivity index (χ1) is 14.7. The lowest BCUT2D eigenvalue weighted by Gasteiger charge is -2.23. The van der Waals surface area contributed by atoms with Gasteiger partial charge in [-0.25, -0.2) is 9.97 Å². The van der Waals surface area contributed by atoms with E-state index in [0.29, 0.717) is 25.5 Å². The zero-order valence-electron chi connectivity index (χ0n) is 16.7. The van der Waals surface area contributed by atoms with Crippen LogP contribution in [0.5, 0.6) is 11.5 Å². The van der Waals surface area contributed by atoms with Crippen LogP contribution in [0.1, 0.15) is 23.6 Å². The molecule has 5 nitrogen and oxygen atoms in total. The molecule has 0 bridgehead atoms. The number of alkyl halides is 3. The first-order valence-electron chi connectivity index (χ1n) is 9.61. The molecule has 0 fully saturated rings. The van der Waals surface area contributed by atoms with Gasteiger partial charge in [0.1, 0.15) is 11.5 Å². The van der Waals surface area contributed by atoms with Crippen molar-refractivity contribution in [2.75, 3.05) is 11.4 Å². The summed E-state index contributed by atoms with van der Waals surface area (Å²) in [5, 5.41) is 9.86. The number of hydrogen-bond donors (Lipinski definition) is 1. The predicted octanol–water partition coefficient (Wildman–Crippen LogP) is 5.55. The minimum atomic E-state index is -4.73. The number of hydrogen-bond acceptors (Lipinski definition) is 5. The molecule has 0 aliphatic carbocycles. The normalized spacial score (nSPS) is 11.4. The second-order valence-electron chi connectivity index (χ2n) is 6.89. The van der Waals surface area contributed by atoms with Gasteiger partial charge in [-0.3, -0.25) is 0 Å². The molecule has 0 aliphatic heterocycles. The molecule has 0 unspecified atom stereocenters. The van der Waals surface area contributed by atoms with Crippen molar-refractivity contribution in [3.8, 4) is 11.5 Å². The van der Waals surface area contributed by atoms with Gasteiger partial charge in [0.2, 0.25) is 5.95 Å². The van der Waals surface area contributed by atoms with Crippen molar-refractivity contribution in [1.29, 1.82) is 0 Å². The molecule has 164 valence electrons. The van der Waals surface area contributed by atoms with Crippen molar-refractivity contribution in [2.45, 2.75) is 32.7 Å². The molecule has 2 aromatic carbocycles. The van der Waals surface area contributed by atoms with Crippen LogP contribution >= 0.6 is 11.6 Å². The summed E-state index contributed by atoms with van der Waals surface area (Å²) in [6, 6.07) is 10.7. The van der Waals surface area contributed by atoms with Crippen LogP contribution in [-0.2, 0) is 19.4 Å². The van der Waals surface area contributed by atoms with Crippen LogP contribution < -0.4 is 9.64 Å². The fourth-order valence-corrected chi connectivity index (χ4v) is 3.13. The Morgan fingerprint density at radius 2 is 1.65 bits per heavy atom. The smallest absolute Gasteiger partial charge is 0.506 e. The molecule has 0 radical (unpaired) electrons. The topological polar surface area (TPSA) is 58.5 Å². The van der Waals surface area contributed by atoms with E-state index in [-0.39, 0.29) is 16.5 Å². The Kier molecular flexibility index (Phi) is 7.22. The van der Waals surface area contributed by atoms with E-state index in [1.807, 2.05) is 11.8 Å². The van der Waals surface area contributed by atoms with Crippen LogP contribution in [0, 0.1) is 0 Å². The Hall–Kier alpha value is -3.00. The van der Waals surface area contributed by atoms with Gasteiger partial charge in [-0.15, -0.1) is 13.2 Å². The number of halogens is 4. The Balaban J connectivity index is 1.77. The van der Waals surface area contributed by atoms with Gasteiger partial charge in [0.15, 0.2) is 0 Å². The van der Waals surface area contributed by atoms with E-state index in [1.54, 1.807) is 36.7 Å². The van der Waals surface area contributed by atoms with Crippen molar-refractivity contribution < 1.29 is 23.0 Å². The Morgan fingerprint density at radius 3 is 2.23 bits per heavy atom. The van der Waals surface area contributed by atoms with Crippen LogP contribution in [0.2, 0.25) is 5.02 Å². The molecule has 9 heteroatoms. The summed E-state index contributed by atoms with van der Waals surface area (Å²) in [5.74, 6) is 0.254. The molecule has 0 atom stereocenters. The van der Waals surface area contributed by atoms with Crippen LogP contribution in [-0.4, -0.2) is 28.0 Å². The van der Waals surface area contributed by atoms with E-state index >= 15 is 0 Å². The number of rotatable bonds is 8. The molecule has 31 heavy (non-hydrogen) atoms. The number of phenolic OH excluding ortho intramolecular Hbond substituents is 1. The molecule has 3 aromatic rings. The van der Waals surface area contributed by atoms with Crippen molar-refractivity contribution in [3.05, 3.63) is 76.6 Å². The molecule has 1 heterocycles. The number of ether oxygens (including phenoxy) is 1. The summed E-state index contributed by atoms with van der Waals surface area (Å²) in [6.45, 7) is 2.94. The number of aromatic nitrogens is 2. The average molecular weight is 452 g/mol. The minimum Gasteiger partial charge on any atom is -0.506 e. The van der Waals surface area contributed by atoms with Crippen LogP contribution in [0.25, 0.3) is 0 Å². The monoisotopic (exact) mass is 451 g/mol. The van der Waals surface area contributed by atoms with Crippen molar-refractivity contribution in [3.63, 3.8) is 0 Å². The predicted molar refractivity (Wildman–Crippen MR) is 112 cm³/mol. The minimum absolute atomic E-state index is 0.0157. The summed E-state index contributed by atoms with van der Waals surface area (Å²) in [6.07, 6.45) is 0.203. The van der Waals surface area contributed by atoms with E-state index in [4.69, 9.17) is 11.6 Å². The van der Waals surface area contributed by atoms with Gasteiger partial charge in [-0.1, -0.05) is 36.7 Å². The van der Waals surface area contributed by atoms with Gasteiger partial charge >= 0.3 is 6.36 Å². The summed E-state index contributed by atoms with van der Waals surface area (Å²) in [5.41, 5.74) is 2.70. The number of aromatic hydroxyl groups is 1. The number of phenols is 1. The fraction of sp³-hybridized carbons (Fsp3) is 0.273. The van der Waals surface area contributed by atoms with Crippen molar-refractivity contribution >= 4 is 17.5 Å². The lowest BCUT2D eigenvalue weighted by Crippen LogP contribution is -2.27. The van der Waals surface area contributed by atoms with Gasteiger partial charge in [0, 0.05) is 25.5 Å². The quantitative estimate of drug-likeness (QED) is 0.487. The first-order valence-corrected chi connectivity index (χ1v) is 9.99. The summed E-state index contributed by atoms with van der Waals surface area (Å²) in [7, 11) is 0. The molecule has 0 saturated carbocycles. The molecule has 0 saturated heterocycles. The second-order valence-corrected chi connectivity index (χ2v) is 7.30. The van der Waals surface area contributed by atoms with Gasteiger partial charge in [0.25, 0.3) is 0 Å². The lowest BCUT2D eigenvalue weighted by molar-refractivity contribution is -0.274. The highest BCUT2D eigenvalue weighted by atomic mass is 35.5. The van der Waals surface area contributed by atoms with Gasteiger partial charge in [-0.05, 0) is 53.8 Å². The van der Waals surface area contributed by atoms with Crippen molar-refractivity contribution in [2.24, 2.45) is 0 Å². The summed E-state index contributed by atoms with van der Waals surface area (Å²) >= 11 is 5.99. The van der Waals surface area contributed by atoms with Gasteiger partial charge in [-0.2, -0.15) is 0 Å².